The van der Waals surface area contributed by atoms with E-state index in [1.54, 1.807) is 6.92 Å². The molecule has 0 saturated heterocycles. The van der Waals surface area contributed by atoms with Crippen LogP contribution in [-0.4, -0.2) is 18.1 Å². The molecule has 0 heterocycles. The Bertz CT molecular complexity index is 290. The van der Waals surface area contributed by atoms with E-state index in [1.165, 1.54) is 77.0 Å². The van der Waals surface area contributed by atoms with Crippen LogP contribution in [0.15, 0.2) is 0 Å². The fourth-order valence-electron chi connectivity index (χ4n) is 2.68. The zero-order valence-corrected chi connectivity index (χ0v) is 17.0. The highest BCUT2D eigenvalue weighted by Gasteiger charge is 2.18. The van der Waals surface area contributed by atoms with Gasteiger partial charge in [-0.3, -0.25) is 9.05 Å². The fraction of sp³-hybridized carbons (Fsp3) is 1.00. The van der Waals surface area contributed by atoms with Gasteiger partial charge in [0.25, 0.3) is 0 Å². The summed E-state index contributed by atoms with van der Waals surface area (Å²) in [5, 5.41) is 0. The Morgan fingerprint density at radius 2 is 1.04 bits per heavy atom. The maximum absolute atomic E-state index is 11.3. The van der Waals surface area contributed by atoms with Crippen LogP contribution in [0.25, 0.3) is 0 Å². The van der Waals surface area contributed by atoms with Gasteiger partial charge in [0, 0.05) is 0 Å². The maximum atomic E-state index is 11.3. The van der Waals surface area contributed by atoms with Crippen molar-refractivity contribution in [3.8, 4) is 0 Å². The Morgan fingerprint density at radius 1 is 0.667 bits per heavy atom. The summed E-state index contributed by atoms with van der Waals surface area (Å²) in [7, 11) is -3.78. The molecule has 4 N–H and O–H groups in total. The van der Waals surface area contributed by atoms with Gasteiger partial charge >= 0.3 is 7.82 Å². The van der Waals surface area contributed by atoms with E-state index in [1.807, 2.05) is 0 Å². The SMILES string of the molecule is CCCCCCCCCCCCCCCCOP(=O)(O)OCC.N. The van der Waals surface area contributed by atoms with Crippen molar-refractivity contribution in [2.75, 3.05) is 13.2 Å². The first kappa shape index (κ1) is 26.3. The van der Waals surface area contributed by atoms with Crippen LogP contribution in [0.2, 0.25) is 0 Å². The lowest BCUT2D eigenvalue weighted by molar-refractivity contribution is 0.153. The molecule has 0 aliphatic heterocycles. The predicted octanol–water partition coefficient (Wildman–Crippen LogP) is 6.78. The summed E-state index contributed by atoms with van der Waals surface area (Å²) in [4.78, 5) is 9.23. The van der Waals surface area contributed by atoms with Crippen LogP contribution < -0.4 is 6.15 Å². The normalized spacial score (nSPS) is 13.5. The van der Waals surface area contributed by atoms with Crippen molar-refractivity contribution >= 4 is 7.82 Å². The molecule has 1 atom stereocenters. The highest BCUT2D eigenvalue weighted by atomic mass is 31.2. The lowest BCUT2D eigenvalue weighted by Gasteiger charge is -2.10. The van der Waals surface area contributed by atoms with Gasteiger partial charge in [0.1, 0.15) is 0 Å². The molecule has 5 nitrogen and oxygen atoms in total. The molecule has 0 amide bonds. The summed E-state index contributed by atoms with van der Waals surface area (Å²) in [5.41, 5.74) is 0. The molecule has 0 saturated carbocycles. The van der Waals surface area contributed by atoms with Crippen molar-refractivity contribution in [1.29, 1.82) is 0 Å². The van der Waals surface area contributed by atoms with Crippen LogP contribution in [0.5, 0.6) is 0 Å². The van der Waals surface area contributed by atoms with Gasteiger partial charge in [-0.25, -0.2) is 4.57 Å². The molecule has 0 bridgehead atoms. The molecular formula is C18H42NO4P. The summed E-state index contributed by atoms with van der Waals surface area (Å²) >= 11 is 0. The number of phosphoric ester groups is 1. The minimum absolute atomic E-state index is 0. The van der Waals surface area contributed by atoms with Gasteiger partial charge in [-0.15, -0.1) is 0 Å². The highest BCUT2D eigenvalue weighted by molar-refractivity contribution is 7.47. The molecule has 24 heavy (non-hydrogen) atoms. The zero-order chi connectivity index (χ0) is 17.2. The third-order valence-electron chi connectivity index (χ3n) is 4.04. The number of rotatable bonds is 18. The molecule has 0 spiro atoms. The molecule has 0 aromatic heterocycles. The molecular weight excluding hydrogens is 325 g/mol. The number of hydrogen-bond donors (Lipinski definition) is 2. The third-order valence-corrected chi connectivity index (χ3v) is 5.14. The van der Waals surface area contributed by atoms with Crippen LogP contribution in [-0.2, 0) is 13.6 Å². The molecule has 0 fully saturated rings. The maximum Gasteiger partial charge on any atom is 0.472 e. The van der Waals surface area contributed by atoms with Gasteiger partial charge in [0.15, 0.2) is 0 Å². The van der Waals surface area contributed by atoms with E-state index in [-0.39, 0.29) is 12.8 Å². The van der Waals surface area contributed by atoms with Crippen molar-refractivity contribution in [3.05, 3.63) is 0 Å². The largest absolute Gasteiger partial charge is 0.472 e. The molecule has 0 aromatic carbocycles. The molecule has 6 heteroatoms. The van der Waals surface area contributed by atoms with Crippen molar-refractivity contribution in [2.45, 2.75) is 104 Å². The summed E-state index contributed by atoms with van der Waals surface area (Å²) in [6.07, 6.45) is 18.1. The monoisotopic (exact) mass is 367 g/mol. The van der Waals surface area contributed by atoms with E-state index in [0.717, 1.165) is 12.8 Å². The standard InChI is InChI=1S/C18H39O4P.H3N/c1-3-5-6-7-8-9-10-11-12-13-14-15-16-17-18-22-23(19,20)21-4-2;/h3-18H2,1-2H3,(H,19,20);1H3. The van der Waals surface area contributed by atoms with Crippen molar-refractivity contribution in [2.24, 2.45) is 0 Å². The predicted molar refractivity (Wildman–Crippen MR) is 103 cm³/mol. The van der Waals surface area contributed by atoms with Gasteiger partial charge in [-0.2, -0.15) is 0 Å². The Kier molecular flexibility index (Phi) is 21.3. The van der Waals surface area contributed by atoms with E-state index in [9.17, 15) is 9.46 Å². The molecule has 0 aromatic rings. The lowest BCUT2D eigenvalue weighted by Crippen LogP contribution is -1.96. The number of unbranched alkanes of at least 4 members (excludes halogenated alkanes) is 13. The molecule has 1 unspecified atom stereocenters. The molecule has 148 valence electrons. The van der Waals surface area contributed by atoms with E-state index in [0.29, 0.717) is 6.61 Å². The van der Waals surface area contributed by atoms with Gasteiger partial charge in [-0.05, 0) is 13.3 Å². The molecule has 0 aliphatic carbocycles. The lowest BCUT2D eigenvalue weighted by atomic mass is 10.0. The van der Waals surface area contributed by atoms with Gasteiger partial charge in [0.2, 0.25) is 0 Å². The second-order valence-electron chi connectivity index (χ2n) is 6.32. The van der Waals surface area contributed by atoms with Gasteiger partial charge in [-0.1, -0.05) is 90.4 Å². The van der Waals surface area contributed by atoms with Crippen LogP contribution in [0.4, 0.5) is 0 Å². The minimum atomic E-state index is -3.78. The molecule has 0 aliphatic rings. The zero-order valence-electron chi connectivity index (χ0n) is 16.1. The highest BCUT2D eigenvalue weighted by Crippen LogP contribution is 2.42. The Morgan fingerprint density at radius 3 is 1.42 bits per heavy atom. The topological polar surface area (TPSA) is 90.8 Å². The average molecular weight is 368 g/mol. The van der Waals surface area contributed by atoms with Crippen LogP contribution in [0.1, 0.15) is 104 Å². The summed E-state index contributed by atoms with van der Waals surface area (Å²) < 4.78 is 20.8. The Hall–Kier alpha value is 0.0700. The fourth-order valence-corrected chi connectivity index (χ4v) is 3.44. The summed E-state index contributed by atoms with van der Waals surface area (Å²) in [6.45, 7) is 4.45. The van der Waals surface area contributed by atoms with E-state index in [4.69, 9.17) is 4.52 Å². The Balaban J connectivity index is 0. The van der Waals surface area contributed by atoms with Crippen LogP contribution in [0.3, 0.4) is 0 Å². The van der Waals surface area contributed by atoms with E-state index >= 15 is 0 Å². The second kappa shape index (κ2) is 19.4. The van der Waals surface area contributed by atoms with Crippen molar-refractivity contribution in [1.82, 2.24) is 6.15 Å². The van der Waals surface area contributed by atoms with Crippen molar-refractivity contribution in [3.63, 3.8) is 0 Å². The van der Waals surface area contributed by atoms with Crippen LogP contribution >= 0.6 is 7.82 Å². The first-order chi connectivity index (χ1) is 11.1. The van der Waals surface area contributed by atoms with Crippen molar-refractivity contribution < 1.29 is 18.5 Å². The first-order valence-corrected chi connectivity index (χ1v) is 11.2. The quantitative estimate of drug-likeness (QED) is 0.206. The van der Waals surface area contributed by atoms with Gasteiger partial charge < -0.3 is 11.0 Å². The average Bonchev–Trinajstić information content (AvgIpc) is 2.51. The molecule has 0 radical (unpaired) electrons. The smallest absolute Gasteiger partial charge is 0.344 e. The summed E-state index contributed by atoms with van der Waals surface area (Å²) in [6, 6.07) is 0. The van der Waals surface area contributed by atoms with Gasteiger partial charge in [0.05, 0.1) is 13.2 Å². The second-order valence-corrected chi connectivity index (χ2v) is 7.77. The van der Waals surface area contributed by atoms with Crippen LogP contribution in [0, 0.1) is 0 Å². The van der Waals surface area contributed by atoms with E-state index < -0.39 is 7.82 Å². The number of phosphoric acid groups is 1. The minimum Gasteiger partial charge on any atom is -0.344 e. The Labute approximate surface area is 150 Å². The number of hydrogen-bond acceptors (Lipinski definition) is 4. The molecule has 0 rings (SSSR count). The first-order valence-electron chi connectivity index (χ1n) is 9.74. The third kappa shape index (κ3) is 20.1. The van der Waals surface area contributed by atoms with E-state index in [2.05, 4.69) is 11.4 Å². The summed E-state index contributed by atoms with van der Waals surface area (Å²) in [5.74, 6) is 0.